The largest absolute Gasteiger partial charge is 0.389 e. The first-order valence-electron chi connectivity index (χ1n) is 5.00. The summed E-state index contributed by atoms with van der Waals surface area (Å²) in [5.74, 6) is -0.0810. The first-order valence-corrected chi connectivity index (χ1v) is 5.00. The molecular formula is C10H17F3O. The summed E-state index contributed by atoms with van der Waals surface area (Å²) in [5.41, 5.74) is 0. The third-order valence-corrected chi connectivity index (χ3v) is 2.32. The topological polar surface area (TPSA) is 17.1 Å². The molecule has 84 valence electrons. The molecule has 0 aliphatic heterocycles. The number of rotatable bonds is 6. The van der Waals surface area contributed by atoms with Gasteiger partial charge in [-0.15, -0.1) is 0 Å². The summed E-state index contributed by atoms with van der Waals surface area (Å²) in [5, 5.41) is 0. The summed E-state index contributed by atoms with van der Waals surface area (Å²) >= 11 is 0. The standard InChI is InChI=1S/C10H17F3O/c1-3-8(4-2)9(14)6-5-7-10(11,12)13/h8H,3-7H2,1-2H3. The number of carbonyl (C=O) groups is 1. The first kappa shape index (κ1) is 13.5. The highest BCUT2D eigenvalue weighted by molar-refractivity contribution is 5.80. The van der Waals surface area contributed by atoms with Crippen molar-refractivity contribution in [3.63, 3.8) is 0 Å². The lowest BCUT2D eigenvalue weighted by molar-refractivity contribution is -0.137. The maximum absolute atomic E-state index is 11.8. The molecular weight excluding hydrogens is 193 g/mol. The average Bonchev–Trinajstić information content (AvgIpc) is 2.04. The second-order valence-corrected chi connectivity index (χ2v) is 3.45. The van der Waals surface area contributed by atoms with Gasteiger partial charge in [0.15, 0.2) is 0 Å². The van der Waals surface area contributed by atoms with E-state index in [1.807, 2.05) is 13.8 Å². The predicted octanol–water partition coefficient (Wildman–Crippen LogP) is 3.72. The Morgan fingerprint density at radius 1 is 1.21 bits per heavy atom. The maximum Gasteiger partial charge on any atom is 0.389 e. The summed E-state index contributed by atoms with van der Waals surface area (Å²) in [4.78, 5) is 11.3. The van der Waals surface area contributed by atoms with E-state index >= 15 is 0 Å². The van der Waals surface area contributed by atoms with Crippen molar-refractivity contribution in [1.82, 2.24) is 0 Å². The quantitative estimate of drug-likeness (QED) is 0.653. The smallest absolute Gasteiger partial charge is 0.299 e. The van der Waals surface area contributed by atoms with Crippen LogP contribution in [0.3, 0.4) is 0 Å². The fourth-order valence-corrected chi connectivity index (χ4v) is 1.41. The van der Waals surface area contributed by atoms with Crippen LogP contribution in [0.25, 0.3) is 0 Å². The highest BCUT2D eigenvalue weighted by Gasteiger charge is 2.27. The molecule has 0 rings (SSSR count). The molecule has 4 heteroatoms. The normalized spacial score (nSPS) is 12.1. The van der Waals surface area contributed by atoms with Crippen molar-refractivity contribution in [2.45, 2.75) is 52.1 Å². The van der Waals surface area contributed by atoms with Gasteiger partial charge in [-0.2, -0.15) is 13.2 Å². The van der Waals surface area contributed by atoms with Crippen LogP contribution >= 0.6 is 0 Å². The number of halogens is 3. The summed E-state index contributed by atoms with van der Waals surface area (Å²) in [7, 11) is 0. The van der Waals surface area contributed by atoms with Gasteiger partial charge in [0.05, 0.1) is 0 Å². The number of hydrogen-bond acceptors (Lipinski definition) is 1. The molecule has 0 amide bonds. The Morgan fingerprint density at radius 2 is 1.71 bits per heavy atom. The molecule has 0 unspecified atom stereocenters. The molecule has 1 nitrogen and oxygen atoms in total. The minimum absolute atomic E-state index is 0.0285. The predicted molar refractivity (Wildman–Crippen MR) is 49.0 cm³/mol. The van der Waals surface area contributed by atoms with Crippen LogP contribution < -0.4 is 0 Å². The van der Waals surface area contributed by atoms with Gasteiger partial charge in [0, 0.05) is 18.8 Å². The second-order valence-electron chi connectivity index (χ2n) is 3.45. The number of hydrogen-bond donors (Lipinski definition) is 0. The van der Waals surface area contributed by atoms with E-state index in [4.69, 9.17) is 0 Å². The minimum atomic E-state index is -4.13. The van der Waals surface area contributed by atoms with Crippen molar-refractivity contribution in [2.24, 2.45) is 5.92 Å². The van der Waals surface area contributed by atoms with Gasteiger partial charge in [0.25, 0.3) is 0 Å². The molecule has 0 fully saturated rings. The molecule has 0 spiro atoms. The van der Waals surface area contributed by atoms with Crippen molar-refractivity contribution < 1.29 is 18.0 Å². The molecule has 0 aliphatic rings. The van der Waals surface area contributed by atoms with E-state index in [1.54, 1.807) is 0 Å². The fourth-order valence-electron chi connectivity index (χ4n) is 1.41. The third kappa shape index (κ3) is 6.00. The molecule has 0 aromatic rings. The Labute approximate surface area is 82.7 Å². The molecule has 14 heavy (non-hydrogen) atoms. The Morgan fingerprint density at radius 3 is 2.07 bits per heavy atom. The second kappa shape index (κ2) is 6.04. The van der Waals surface area contributed by atoms with E-state index in [0.717, 1.165) is 12.8 Å². The molecule has 0 radical (unpaired) electrons. The van der Waals surface area contributed by atoms with Crippen LogP contribution in [0.15, 0.2) is 0 Å². The number of ketones is 1. The fraction of sp³-hybridized carbons (Fsp3) is 0.900. The van der Waals surface area contributed by atoms with Crippen molar-refractivity contribution >= 4 is 5.78 Å². The van der Waals surface area contributed by atoms with Gasteiger partial charge in [-0.3, -0.25) is 4.79 Å². The minimum Gasteiger partial charge on any atom is -0.299 e. The van der Waals surface area contributed by atoms with Crippen molar-refractivity contribution in [2.75, 3.05) is 0 Å². The van der Waals surface area contributed by atoms with E-state index in [9.17, 15) is 18.0 Å². The van der Waals surface area contributed by atoms with Crippen LogP contribution in [0.2, 0.25) is 0 Å². The van der Waals surface area contributed by atoms with Gasteiger partial charge >= 0.3 is 6.18 Å². The maximum atomic E-state index is 11.8. The summed E-state index contributed by atoms with van der Waals surface area (Å²) < 4.78 is 35.3. The van der Waals surface area contributed by atoms with Crippen LogP contribution in [0.1, 0.15) is 46.0 Å². The van der Waals surface area contributed by atoms with E-state index in [0.29, 0.717) is 0 Å². The zero-order valence-corrected chi connectivity index (χ0v) is 8.66. The molecule has 0 saturated carbocycles. The Hall–Kier alpha value is -0.540. The van der Waals surface area contributed by atoms with E-state index in [-0.39, 0.29) is 24.5 Å². The first-order chi connectivity index (χ1) is 6.40. The molecule has 0 aromatic carbocycles. The monoisotopic (exact) mass is 210 g/mol. The Balaban J connectivity index is 3.74. The van der Waals surface area contributed by atoms with Crippen molar-refractivity contribution in [3.8, 4) is 0 Å². The van der Waals surface area contributed by atoms with Gasteiger partial charge in [-0.05, 0) is 19.3 Å². The summed E-state index contributed by atoms with van der Waals surface area (Å²) in [6, 6.07) is 0. The zero-order chi connectivity index (χ0) is 11.2. The van der Waals surface area contributed by atoms with Crippen LogP contribution in [0.4, 0.5) is 13.2 Å². The lowest BCUT2D eigenvalue weighted by Crippen LogP contribution is -2.14. The number of carbonyl (C=O) groups excluding carboxylic acids is 1. The number of Topliss-reactive ketones (excluding diaryl/α,β-unsaturated/α-hetero) is 1. The molecule has 0 aromatic heterocycles. The highest BCUT2D eigenvalue weighted by Crippen LogP contribution is 2.23. The van der Waals surface area contributed by atoms with Gasteiger partial charge in [0.1, 0.15) is 5.78 Å². The molecule has 0 aliphatic carbocycles. The Kier molecular flexibility index (Phi) is 5.81. The molecule has 0 bridgehead atoms. The lowest BCUT2D eigenvalue weighted by Gasteiger charge is -2.11. The average molecular weight is 210 g/mol. The van der Waals surface area contributed by atoms with E-state index in [1.165, 1.54) is 0 Å². The van der Waals surface area contributed by atoms with Gasteiger partial charge in [-0.1, -0.05) is 13.8 Å². The summed E-state index contributed by atoms with van der Waals surface area (Å²) in [6.07, 6.45) is -3.54. The van der Waals surface area contributed by atoms with Gasteiger partial charge in [0.2, 0.25) is 0 Å². The van der Waals surface area contributed by atoms with E-state index in [2.05, 4.69) is 0 Å². The highest BCUT2D eigenvalue weighted by atomic mass is 19.4. The molecule has 0 N–H and O–H groups in total. The Bertz CT molecular complexity index is 171. The van der Waals surface area contributed by atoms with Gasteiger partial charge in [-0.25, -0.2) is 0 Å². The van der Waals surface area contributed by atoms with Crippen LogP contribution in [0.5, 0.6) is 0 Å². The molecule has 0 saturated heterocycles. The van der Waals surface area contributed by atoms with Crippen LogP contribution in [0, 0.1) is 5.92 Å². The van der Waals surface area contributed by atoms with Crippen molar-refractivity contribution in [3.05, 3.63) is 0 Å². The summed E-state index contributed by atoms with van der Waals surface area (Å²) in [6.45, 7) is 3.77. The third-order valence-electron chi connectivity index (χ3n) is 2.32. The van der Waals surface area contributed by atoms with Gasteiger partial charge < -0.3 is 0 Å². The van der Waals surface area contributed by atoms with Crippen LogP contribution in [-0.4, -0.2) is 12.0 Å². The van der Waals surface area contributed by atoms with Crippen LogP contribution in [-0.2, 0) is 4.79 Å². The molecule has 0 heterocycles. The van der Waals surface area contributed by atoms with Crippen molar-refractivity contribution in [1.29, 1.82) is 0 Å². The SMILES string of the molecule is CCC(CC)C(=O)CCCC(F)(F)F. The van der Waals surface area contributed by atoms with E-state index < -0.39 is 12.6 Å². The molecule has 0 atom stereocenters. The number of alkyl halides is 3. The lowest BCUT2D eigenvalue weighted by atomic mass is 9.95. The zero-order valence-electron chi connectivity index (χ0n) is 8.66.